The Morgan fingerprint density at radius 2 is 2.10 bits per heavy atom. The highest BCUT2D eigenvalue weighted by atomic mass is 16.5. The van der Waals surface area contributed by atoms with E-state index in [9.17, 15) is 4.79 Å². The third-order valence-electron chi connectivity index (χ3n) is 4.97. The van der Waals surface area contributed by atoms with Gasteiger partial charge in [0.15, 0.2) is 0 Å². The second-order valence-corrected chi connectivity index (χ2v) is 6.60. The zero-order valence-electron chi connectivity index (χ0n) is 13.5. The molecule has 0 aliphatic heterocycles. The average Bonchev–Trinajstić information content (AvgIpc) is 2.79. The van der Waals surface area contributed by atoms with Gasteiger partial charge in [0, 0.05) is 12.1 Å². The van der Waals surface area contributed by atoms with Crippen LogP contribution in [-0.4, -0.2) is 17.6 Å². The lowest BCUT2D eigenvalue weighted by Gasteiger charge is -2.37. The van der Waals surface area contributed by atoms with E-state index in [0.29, 0.717) is 12.5 Å². The topological polar surface area (TPSA) is 81.2 Å². The van der Waals surface area contributed by atoms with E-state index in [4.69, 9.17) is 10.3 Å². The highest BCUT2D eigenvalue weighted by molar-refractivity contribution is 5.83. The fourth-order valence-corrected chi connectivity index (χ4v) is 3.37. The van der Waals surface area contributed by atoms with Gasteiger partial charge in [-0.05, 0) is 52.4 Å². The molecule has 1 aliphatic carbocycles. The Labute approximate surface area is 126 Å². The molecule has 1 fully saturated rings. The number of amides is 1. The molecule has 1 amide bonds. The summed E-state index contributed by atoms with van der Waals surface area (Å²) in [6.07, 6.45) is 3.91. The van der Waals surface area contributed by atoms with Gasteiger partial charge in [-0.1, -0.05) is 12.1 Å². The second-order valence-electron chi connectivity index (χ2n) is 6.60. The van der Waals surface area contributed by atoms with Crippen molar-refractivity contribution in [3.05, 3.63) is 17.0 Å². The molecule has 1 saturated carbocycles. The highest BCUT2D eigenvalue weighted by Crippen LogP contribution is 2.39. The molecule has 1 heterocycles. The number of hydrogen-bond donors (Lipinski definition) is 2. The van der Waals surface area contributed by atoms with Crippen LogP contribution >= 0.6 is 0 Å². The molecule has 2 rings (SSSR count). The Morgan fingerprint density at radius 1 is 1.48 bits per heavy atom. The van der Waals surface area contributed by atoms with Gasteiger partial charge >= 0.3 is 0 Å². The van der Waals surface area contributed by atoms with Gasteiger partial charge in [-0.25, -0.2) is 0 Å². The largest absolute Gasteiger partial charge is 0.361 e. The third kappa shape index (κ3) is 3.12. The van der Waals surface area contributed by atoms with Crippen LogP contribution in [0.15, 0.2) is 4.52 Å². The molecule has 0 spiro atoms. The van der Waals surface area contributed by atoms with E-state index in [1.165, 1.54) is 0 Å². The SMILES string of the molecule is Cc1noc(C)c1C(C)NC(=O)C1(CN)CCC(C)CC1. The molecule has 0 aromatic carbocycles. The van der Waals surface area contributed by atoms with Gasteiger partial charge in [-0.3, -0.25) is 4.79 Å². The summed E-state index contributed by atoms with van der Waals surface area (Å²) in [5, 5.41) is 7.07. The first-order valence-corrected chi connectivity index (χ1v) is 7.83. The molecule has 5 heteroatoms. The van der Waals surface area contributed by atoms with Crippen LogP contribution < -0.4 is 11.1 Å². The van der Waals surface area contributed by atoms with Crippen LogP contribution in [0.3, 0.4) is 0 Å². The van der Waals surface area contributed by atoms with Crippen molar-refractivity contribution in [2.24, 2.45) is 17.1 Å². The highest BCUT2D eigenvalue weighted by Gasteiger charge is 2.40. The molecule has 1 unspecified atom stereocenters. The summed E-state index contributed by atoms with van der Waals surface area (Å²) in [7, 11) is 0. The minimum absolute atomic E-state index is 0.0735. The molecule has 1 aromatic rings. The van der Waals surface area contributed by atoms with Crippen LogP contribution in [0.5, 0.6) is 0 Å². The molecule has 0 saturated heterocycles. The van der Waals surface area contributed by atoms with E-state index >= 15 is 0 Å². The lowest BCUT2D eigenvalue weighted by Crippen LogP contribution is -2.48. The van der Waals surface area contributed by atoms with Gasteiger partial charge in [-0.15, -0.1) is 0 Å². The van der Waals surface area contributed by atoms with Crippen molar-refractivity contribution < 1.29 is 9.32 Å². The molecular weight excluding hydrogens is 266 g/mol. The molecule has 3 N–H and O–H groups in total. The van der Waals surface area contributed by atoms with Crippen molar-refractivity contribution in [2.45, 2.75) is 59.4 Å². The summed E-state index contributed by atoms with van der Waals surface area (Å²) < 4.78 is 5.18. The maximum Gasteiger partial charge on any atom is 0.227 e. The van der Waals surface area contributed by atoms with E-state index in [-0.39, 0.29) is 11.9 Å². The number of nitrogens with two attached hydrogens (primary N) is 1. The first kappa shape index (κ1) is 16.0. The summed E-state index contributed by atoms with van der Waals surface area (Å²) in [5.74, 6) is 1.53. The molecule has 1 aromatic heterocycles. The van der Waals surface area contributed by atoms with E-state index in [1.54, 1.807) is 0 Å². The van der Waals surface area contributed by atoms with Gasteiger partial charge in [-0.2, -0.15) is 0 Å². The van der Waals surface area contributed by atoms with Crippen molar-refractivity contribution in [2.75, 3.05) is 6.54 Å². The van der Waals surface area contributed by atoms with Crippen molar-refractivity contribution in [3.8, 4) is 0 Å². The molecule has 21 heavy (non-hydrogen) atoms. The number of carbonyl (C=O) groups is 1. The molecule has 0 radical (unpaired) electrons. The minimum Gasteiger partial charge on any atom is -0.361 e. The maximum absolute atomic E-state index is 12.7. The number of aromatic nitrogens is 1. The fourth-order valence-electron chi connectivity index (χ4n) is 3.37. The van der Waals surface area contributed by atoms with E-state index < -0.39 is 5.41 Å². The molecule has 0 bridgehead atoms. The lowest BCUT2D eigenvalue weighted by molar-refractivity contribution is -0.133. The average molecular weight is 293 g/mol. The molecule has 5 nitrogen and oxygen atoms in total. The zero-order chi connectivity index (χ0) is 15.6. The Bertz CT molecular complexity index is 482. The zero-order valence-corrected chi connectivity index (χ0v) is 13.5. The number of aryl methyl sites for hydroxylation is 2. The monoisotopic (exact) mass is 293 g/mol. The fraction of sp³-hybridized carbons (Fsp3) is 0.750. The number of nitrogens with one attached hydrogen (secondary N) is 1. The smallest absolute Gasteiger partial charge is 0.227 e. The minimum atomic E-state index is -0.403. The Balaban J connectivity index is 2.09. The van der Waals surface area contributed by atoms with Crippen LogP contribution in [-0.2, 0) is 4.79 Å². The summed E-state index contributed by atoms with van der Waals surface area (Å²) >= 11 is 0. The molecular formula is C16H27N3O2. The van der Waals surface area contributed by atoms with Crippen molar-refractivity contribution in [3.63, 3.8) is 0 Å². The third-order valence-corrected chi connectivity index (χ3v) is 4.97. The van der Waals surface area contributed by atoms with Crippen molar-refractivity contribution >= 4 is 5.91 Å². The Kier molecular flexibility index (Phi) is 4.71. The lowest BCUT2D eigenvalue weighted by atomic mass is 9.70. The van der Waals surface area contributed by atoms with Gasteiger partial charge in [0.2, 0.25) is 5.91 Å². The predicted octanol–water partition coefficient (Wildman–Crippen LogP) is 2.62. The van der Waals surface area contributed by atoms with Crippen LogP contribution in [0, 0.1) is 25.2 Å². The first-order chi connectivity index (χ1) is 9.89. The molecule has 1 atom stereocenters. The van der Waals surface area contributed by atoms with Crippen molar-refractivity contribution in [1.29, 1.82) is 0 Å². The van der Waals surface area contributed by atoms with Crippen LogP contribution in [0.25, 0.3) is 0 Å². The van der Waals surface area contributed by atoms with Crippen LogP contribution in [0.1, 0.15) is 62.6 Å². The standard InChI is InChI=1S/C16H27N3O2/c1-10-5-7-16(9-17,8-6-10)15(20)18-11(2)14-12(3)19-21-13(14)4/h10-11H,5-9,17H2,1-4H3,(H,18,20). The summed E-state index contributed by atoms with van der Waals surface area (Å²) in [6.45, 7) is 8.40. The summed E-state index contributed by atoms with van der Waals surface area (Å²) in [6, 6.07) is -0.105. The first-order valence-electron chi connectivity index (χ1n) is 7.83. The van der Waals surface area contributed by atoms with Crippen molar-refractivity contribution in [1.82, 2.24) is 10.5 Å². The Morgan fingerprint density at radius 3 is 2.57 bits per heavy atom. The van der Waals surface area contributed by atoms with Gasteiger partial charge in [0.05, 0.1) is 17.2 Å². The number of nitrogens with zero attached hydrogens (tertiary/aromatic N) is 1. The summed E-state index contributed by atoms with van der Waals surface area (Å²) in [5.41, 5.74) is 7.35. The molecule has 118 valence electrons. The number of carbonyl (C=O) groups excluding carboxylic acids is 1. The predicted molar refractivity (Wildman–Crippen MR) is 81.7 cm³/mol. The van der Waals surface area contributed by atoms with Crippen LogP contribution in [0.4, 0.5) is 0 Å². The number of rotatable bonds is 4. The van der Waals surface area contributed by atoms with E-state index in [1.807, 2.05) is 20.8 Å². The van der Waals surface area contributed by atoms with Crippen LogP contribution in [0.2, 0.25) is 0 Å². The summed E-state index contributed by atoms with van der Waals surface area (Å²) in [4.78, 5) is 12.7. The number of hydrogen-bond acceptors (Lipinski definition) is 4. The van der Waals surface area contributed by atoms with E-state index in [0.717, 1.165) is 42.7 Å². The second kappa shape index (κ2) is 6.18. The quantitative estimate of drug-likeness (QED) is 0.894. The van der Waals surface area contributed by atoms with Gasteiger partial charge in [0.1, 0.15) is 5.76 Å². The van der Waals surface area contributed by atoms with E-state index in [2.05, 4.69) is 17.4 Å². The molecule has 1 aliphatic rings. The normalized spacial score (nSPS) is 27.4. The Hall–Kier alpha value is -1.36. The maximum atomic E-state index is 12.7. The van der Waals surface area contributed by atoms with Gasteiger partial charge in [0.25, 0.3) is 0 Å². The van der Waals surface area contributed by atoms with Gasteiger partial charge < -0.3 is 15.6 Å².